The van der Waals surface area contributed by atoms with E-state index in [0.29, 0.717) is 18.0 Å². The Balaban J connectivity index is 1.39. The van der Waals surface area contributed by atoms with E-state index in [2.05, 4.69) is 60.8 Å². The van der Waals surface area contributed by atoms with Crippen molar-refractivity contribution in [1.82, 2.24) is 20.6 Å². The summed E-state index contributed by atoms with van der Waals surface area (Å²) in [6.45, 7) is 0.240. The largest absolute Gasteiger partial charge is 0.484 e. The van der Waals surface area contributed by atoms with E-state index in [4.69, 9.17) is 4.74 Å². The van der Waals surface area contributed by atoms with Gasteiger partial charge in [-0.15, -0.1) is 16.4 Å². The molecule has 0 atom stereocenters. The number of nitrogens with zero attached hydrogens (tertiary/aromatic N) is 3. The molecule has 0 bridgehead atoms. The maximum Gasteiger partial charge on any atom is 0.186 e. The van der Waals surface area contributed by atoms with E-state index >= 15 is 0 Å². The second-order valence-corrected chi connectivity index (χ2v) is 10.2. The number of hydrogen-bond donors (Lipinski definition) is 1. The Morgan fingerprint density at radius 1 is 0.944 bits per heavy atom. The van der Waals surface area contributed by atoms with Crippen LogP contribution in [0.25, 0.3) is 31.3 Å². The number of tetrazole rings is 1. The van der Waals surface area contributed by atoms with E-state index in [9.17, 15) is 4.79 Å². The average Bonchev–Trinajstić information content (AvgIpc) is 3.57. The van der Waals surface area contributed by atoms with Crippen LogP contribution in [0, 0.1) is 0 Å². The standard InChI is InChI=1S/C28H19BrN4O2S/c29-27-20-12-10-19(15-18(20)11-13-23(27)35-16-25-30-32-33-31-25)28-26(21-8-4-5-9-24(21)36-28)22(34)14-17-6-2-1-3-7-17/h1-13,15H,14,16H2,(H,30,31,32,33). The lowest BCUT2D eigenvalue weighted by Crippen LogP contribution is -2.04. The van der Waals surface area contributed by atoms with E-state index in [0.717, 1.165) is 46.9 Å². The monoisotopic (exact) mass is 554 g/mol. The highest BCUT2D eigenvalue weighted by Gasteiger charge is 2.21. The maximum atomic E-state index is 13.6. The van der Waals surface area contributed by atoms with Gasteiger partial charge in [0.1, 0.15) is 12.4 Å². The topological polar surface area (TPSA) is 80.8 Å². The number of rotatable bonds is 7. The highest BCUT2D eigenvalue weighted by atomic mass is 79.9. The van der Waals surface area contributed by atoms with Gasteiger partial charge in [-0.1, -0.05) is 66.7 Å². The molecule has 0 spiro atoms. The van der Waals surface area contributed by atoms with Crippen molar-refractivity contribution in [3.8, 4) is 16.2 Å². The van der Waals surface area contributed by atoms with Crippen LogP contribution in [0.2, 0.25) is 0 Å². The zero-order valence-corrected chi connectivity index (χ0v) is 21.3. The molecule has 4 aromatic carbocycles. The first kappa shape index (κ1) is 22.6. The van der Waals surface area contributed by atoms with Gasteiger partial charge in [-0.3, -0.25) is 4.79 Å². The summed E-state index contributed by atoms with van der Waals surface area (Å²) in [5, 5.41) is 16.8. The molecule has 0 aliphatic rings. The van der Waals surface area contributed by atoms with Crippen molar-refractivity contribution in [1.29, 1.82) is 0 Å². The number of nitrogens with one attached hydrogen (secondary N) is 1. The summed E-state index contributed by atoms with van der Waals surface area (Å²) in [7, 11) is 0. The molecule has 2 aromatic heterocycles. The van der Waals surface area contributed by atoms with Crippen molar-refractivity contribution in [3.63, 3.8) is 0 Å². The van der Waals surface area contributed by atoms with Crippen LogP contribution in [-0.2, 0) is 13.0 Å². The number of hydrogen-bond acceptors (Lipinski definition) is 6. The highest BCUT2D eigenvalue weighted by Crippen LogP contribution is 2.42. The number of H-pyrrole nitrogens is 1. The number of aromatic nitrogens is 4. The number of ether oxygens (including phenoxy) is 1. The first-order valence-electron chi connectivity index (χ1n) is 11.3. The lowest BCUT2D eigenvalue weighted by molar-refractivity contribution is 0.0995. The summed E-state index contributed by atoms with van der Waals surface area (Å²) in [5.74, 6) is 1.38. The minimum Gasteiger partial charge on any atom is -0.484 e. The van der Waals surface area contributed by atoms with Gasteiger partial charge in [-0.05, 0) is 66.5 Å². The molecule has 176 valence electrons. The Labute approximate surface area is 219 Å². The van der Waals surface area contributed by atoms with E-state index in [-0.39, 0.29) is 12.4 Å². The summed E-state index contributed by atoms with van der Waals surface area (Å²) in [4.78, 5) is 14.6. The molecule has 0 radical (unpaired) electrons. The quantitative estimate of drug-likeness (QED) is 0.215. The number of Topliss-reactive ketones (excluding diaryl/α,β-unsaturated/α-hetero) is 1. The normalized spacial score (nSPS) is 11.2. The van der Waals surface area contributed by atoms with Gasteiger partial charge in [-0.2, -0.15) is 0 Å². The van der Waals surface area contributed by atoms with Gasteiger partial charge in [-0.25, -0.2) is 5.10 Å². The molecule has 6 nitrogen and oxygen atoms in total. The summed E-state index contributed by atoms with van der Waals surface area (Å²) in [6.07, 6.45) is 0.370. The number of benzene rings is 4. The van der Waals surface area contributed by atoms with Crippen molar-refractivity contribution in [2.45, 2.75) is 13.0 Å². The van der Waals surface area contributed by atoms with Crippen LogP contribution in [0.4, 0.5) is 0 Å². The Morgan fingerprint density at radius 3 is 2.61 bits per heavy atom. The molecule has 6 rings (SSSR count). The molecule has 0 saturated carbocycles. The molecular formula is C28H19BrN4O2S. The van der Waals surface area contributed by atoms with Crippen LogP contribution in [0.5, 0.6) is 5.75 Å². The van der Waals surface area contributed by atoms with Crippen LogP contribution < -0.4 is 4.74 Å². The average molecular weight is 555 g/mol. The van der Waals surface area contributed by atoms with Gasteiger partial charge in [0, 0.05) is 26.9 Å². The van der Waals surface area contributed by atoms with Gasteiger partial charge in [0.15, 0.2) is 11.6 Å². The van der Waals surface area contributed by atoms with Crippen molar-refractivity contribution >= 4 is 53.9 Å². The molecule has 36 heavy (non-hydrogen) atoms. The lowest BCUT2D eigenvalue weighted by atomic mass is 9.97. The first-order valence-corrected chi connectivity index (χ1v) is 12.9. The van der Waals surface area contributed by atoms with Gasteiger partial charge >= 0.3 is 0 Å². The zero-order valence-electron chi connectivity index (χ0n) is 18.9. The van der Waals surface area contributed by atoms with Crippen LogP contribution in [0.3, 0.4) is 0 Å². The van der Waals surface area contributed by atoms with E-state index in [1.807, 2.05) is 60.7 Å². The second-order valence-electron chi connectivity index (χ2n) is 8.34. The predicted molar refractivity (Wildman–Crippen MR) is 145 cm³/mol. The molecule has 6 aromatic rings. The minimum absolute atomic E-state index is 0.126. The summed E-state index contributed by atoms with van der Waals surface area (Å²) >= 11 is 5.35. The third-order valence-electron chi connectivity index (χ3n) is 6.02. The van der Waals surface area contributed by atoms with Gasteiger partial charge in [0.2, 0.25) is 0 Å². The smallest absolute Gasteiger partial charge is 0.186 e. The molecule has 0 saturated heterocycles. The lowest BCUT2D eigenvalue weighted by Gasteiger charge is -2.11. The van der Waals surface area contributed by atoms with Crippen LogP contribution in [0.15, 0.2) is 89.4 Å². The Bertz CT molecular complexity index is 1700. The van der Waals surface area contributed by atoms with Crippen molar-refractivity contribution in [3.05, 3.63) is 106 Å². The van der Waals surface area contributed by atoms with Crippen molar-refractivity contribution in [2.75, 3.05) is 0 Å². The number of thiophene rings is 1. The van der Waals surface area contributed by atoms with Crippen LogP contribution in [-0.4, -0.2) is 26.4 Å². The molecule has 1 N–H and O–H groups in total. The van der Waals surface area contributed by atoms with Crippen molar-refractivity contribution < 1.29 is 9.53 Å². The molecule has 0 fully saturated rings. The SMILES string of the molecule is O=C(Cc1ccccc1)c1c(-c2ccc3c(Br)c(OCc4nnn[nH]4)ccc3c2)sc2ccccc12. The molecule has 0 unspecified atom stereocenters. The highest BCUT2D eigenvalue weighted by molar-refractivity contribution is 9.10. The fourth-order valence-electron chi connectivity index (χ4n) is 4.31. The number of ketones is 1. The molecule has 2 heterocycles. The first-order chi connectivity index (χ1) is 17.7. The Hall–Kier alpha value is -3.88. The third-order valence-corrected chi connectivity index (χ3v) is 8.05. The number of fused-ring (bicyclic) bond motifs is 2. The third kappa shape index (κ3) is 4.29. The molecule has 0 aliphatic carbocycles. The van der Waals surface area contributed by atoms with E-state index in [1.54, 1.807) is 11.3 Å². The van der Waals surface area contributed by atoms with Gasteiger partial charge in [0.25, 0.3) is 0 Å². The summed E-state index contributed by atoms with van der Waals surface area (Å²) in [5.41, 5.74) is 2.83. The van der Waals surface area contributed by atoms with Crippen LogP contribution >= 0.6 is 27.3 Å². The van der Waals surface area contributed by atoms with Crippen molar-refractivity contribution in [2.24, 2.45) is 0 Å². The minimum atomic E-state index is 0.126. The summed E-state index contributed by atoms with van der Waals surface area (Å²) in [6, 6.07) is 28.2. The fourth-order valence-corrected chi connectivity index (χ4v) is 6.13. The Kier molecular flexibility index (Phi) is 6.04. The second kappa shape index (κ2) is 9.64. The Morgan fingerprint density at radius 2 is 1.78 bits per heavy atom. The number of carbonyl (C=O) groups excluding carboxylic acids is 1. The summed E-state index contributed by atoms with van der Waals surface area (Å²) < 4.78 is 7.85. The fraction of sp³-hybridized carbons (Fsp3) is 0.0714. The van der Waals surface area contributed by atoms with E-state index < -0.39 is 0 Å². The molecular weight excluding hydrogens is 536 g/mol. The molecule has 0 aliphatic heterocycles. The maximum absolute atomic E-state index is 13.6. The zero-order chi connectivity index (χ0) is 24.5. The number of aromatic amines is 1. The predicted octanol–water partition coefficient (Wildman–Crippen LogP) is 7.00. The molecule has 0 amide bonds. The van der Waals surface area contributed by atoms with E-state index in [1.165, 1.54) is 0 Å². The molecule has 8 heteroatoms. The van der Waals surface area contributed by atoms with Crippen LogP contribution in [0.1, 0.15) is 21.7 Å². The van der Waals surface area contributed by atoms with Gasteiger partial charge in [0.05, 0.1) is 4.47 Å². The number of halogens is 1. The number of carbonyl (C=O) groups is 1. The van der Waals surface area contributed by atoms with Gasteiger partial charge < -0.3 is 4.74 Å².